The normalized spacial score (nSPS) is 10.6. The van der Waals surface area contributed by atoms with Gasteiger partial charge >= 0.3 is 5.97 Å². The predicted molar refractivity (Wildman–Crippen MR) is 133 cm³/mol. The molecule has 0 aliphatic rings. The Balaban J connectivity index is 1.78. The number of ether oxygens (including phenoxy) is 2. The van der Waals surface area contributed by atoms with Crippen molar-refractivity contribution in [3.63, 3.8) is 0 Å². The van der Waals surface area contributed by atoms with E-state index in [1.807, 2.05) is 31.2 Å². The van der Waals surface area contributed by atoms with Gasteiger partial charge in [0, 0.05) is 24.8 Å². The summed E-state index contributed by atoms with van der Waals surface area (Å²) >= 11 is 4.40. The van der Waals surface area contributed by atoms with Crippen molar-refractivity contribution in [1.82, 2.24) is 14.7 Å². The molecule has 1 aromatic carbocycles. The minimum Gasteiger partial charge on any atom is -0.471 e. The van der Waals surface area contributed by atoms with E-state index in [-0.39, 0.29) is 35.5 Å². The summed E-state index contributed by atoms with van der Waals surface area (Å²) in [6.45, 7) is 3.90. The van der Waals surface area contributed by atoms with E-state index in [1.165, 1.54) is 9.58 Å². The van der Waals surface area contributed by atoms with Crippen molar-refractivity contribution in [2.24, 2.45) is 0 Å². The van der Waals surface area contributed by atoms with E-state index in [2.05, 4.69) is 26.3 Å². The van der Waals surface area contributed by atoms with Crippen molar-refractivity contribution in [2.75, 3.05) is 26.0 Å². The zero-order valence-electron chi connectivity index (χ0n) is 19.3. The fraction of sp³-hybridized carbons (Fsp3) is 0.304. The van der Waals surface area contributed by atoms with Crippen LogP contribution < -0.4 is 10.1 Å². The van der Waals surface area contributed by atoms with Gasteiger partial charge < -0.3 is 19.7 Å². The maximum atomic E-state index is 12.9. The third-order valence-electron chi connectivity index (χ3n) is 4.67. The van der Waals surface area contributed by atoms with Crippen LogP contribution in [0.4, 0.5) is 5.00 Å². The van der Waals surface area contributed by atoms with E-state index >= 15 is 0 Å². The standard InChI is InChI=1S/C23H25BrN4O5S/c1-5-12-32-23(31)18-14(2)19(22(30)27(3)4)34-21(18)25-20(29)17-10-11-28(26-17)13-33-16-8-6-15(24)7-9-16/h6-11H,5,12-13H2,1-4H3,(H,25,29). The van der Waals surface area contributed by atoms with Gasteiger partial charge in [0.05, 0.1) is 17.0 Å². The lowest BCUT2D eigenvalue weighted by molar-refractivity contribution is 0.0506. The molecule has 180 valence electrons. The number of aromatic nitrogens is 2. The molecule has 0 saturated carbocycles. The molecule has 0 saturated heterocycles. The van der Waals surface area contributed by atoms with Crippen molar-refractivity contribution in [1.29, 1.82) is 0 Å². The van der Waals surface area contributed by atoms with Gasteiger partial charge in [-0.05, 0) is 49.2 Å². The van der Waals surface area contributed by atoms with Crippen LogP contribution in [0.2, 0.25) is 0 Å². The topological polar surface area (TPSA) is 103 Å². The summed E-state index contributed by atoms with van der Waals surface area (Å²) in [7, 11) is 3.25. The number of carbonyl (C=O) groups is 3. The summed E-state index contributed by atoms with van der Waals surface area (Å²) in [4.78, 5) is 39.9. The van der Waals surface area contributed by atoms with Gasteiger partial charge in [-0.2, -0.15) is 5.10 Å². The molecule has 1 N–H and O–H groups in total. The molecule has 2 amide bonds. The van der Waals surface area contributed by atoms with Crippen molar-refractivity contribution >= 4 is 50.1 Å². The molecule has 9 nitrogen and oxygen atoms in total. The molecule has 0 fully saturated rings. The number of esters is 1. The maximum Gasteiger partial charge on any atom is 0.341 e. The number of rotatable bonds is 9. The number of halogens is 1. The van der Waals surface area contributed by atoms with Crippen LogP contribution in [0.1, 0.15) is 49.4 Å². The molecule has 0 radical (unpaired) electrons. The molecule has 0 aliphatic carbocycles. The highest BCUT2D eigenvalue weighted by Gasteiger charge is 2.28. The predicted octanol–water partition coefficient (Wildman–Crippen LogP) is 4.57. The Bertz CT molecular complexity index is 1190. The van der Waals surface area contributed by atoms with Crippen LogP contribution in [0.15, 0.2) is 41.0 Å². The molecule has 2 heterocycles. The van der Waals surface area contributed by atoms with Crippen LogP contribution in [0.3, 0.4) is 0 Å². The molecule has 11 heteroatoms. The number of nitrogens with zero attached hydrogens (tertiary/aromatic N) is 3. The van der Waals surface area contributed by atoms with Gasteiger partial charge in [0.25, 0.3) is 11.8 Å². The van der Waals surface area contributed by atoms with E-state index < -0.39 is 11.9 Å². The summed E-state index contributed by atoms with van der Waals surface area (Å²) in [5.74, 6) is -0.705. The van der Waals surface area contributed by atoms with E-state index in [0.29, 0.717) is 22.6 Å². The van der Waals surface area contributed by atoms with Gasteiger partial charge in [-0.1, -0.05) is 22.9 Å². The number of hydrogen-bond donors (Lipinski definition) is 1. The highest BCUT2D eigenvalue weighted by molar-refractivity contribution is 9.10. The van der Waals surface area contributed by atoms with Crippen molar-refractivity contribution in [2.45, 2.75) is 27.0 Å². The lowest BCUT2D eigenvalue weighted by Gasteiger charge is -2.09. The molecule has 34 heavy (non-hydrogen) atoms. The molecule has 2 aromatic heterocycles. The van der Waals surface area contributed by atoms with Crippen molar-refractivity contribution in [3.05, 3.63) is 62.7 Å². The van der Waals surface area contributed by atoms with Crippen LogP contribution in [-0.2, 0) is 11.5 Å². The zero-order valence-corrected chi connectivity index (χ0v) is 21.7. The Morgan fingerprint density at radius 1 is 1.18 bits per heavy atom. The van der Waals surface area contributed by atoms with E-state index in [1.54, 1.807) is 33.3 Å². The first-order chi connectivity index (χ1) is 16.2. The van der Waals surface area contributed by atoms with Gasteiger partial charge in [0.15, 0.2) is 12.4 Å². The summed E-state index contributed by atoms with van der Waals surface area (Å²) in [5.41, 5.74) is 0.780. The molecule has 0 unspecified atom stereocenters. The van der Waals surface area contributed by atoms with Gasteiger partial charge in [0.1, 0.15) is 10.8 Å². The first kappa shape index (κ1) is 25.4. The number of benzene rings is 1. The molecule has 0 spiro atoms. The molecule has 0 aliphatic heterocycles. The van der Waals surface area contributed by atoms with Crippen LogP contribution in [-0.4, -0.2) is 53.2 Å². The molecule has 0 bridgehead atoms. The van der Waals surface area contributed by atoms with E-state index in [4.69, 9.17) is 9.47 Å². The fourth-order valence-corrected chi connectivity index (χ4v) is 4.39. The highest BCUT2D eigenvalue weighted by atomic mass is 79.9. The highest BCUT2D eigenvalue weighted by Crippen LogP contribution is 2.34. The number of hydrogen-bond acceptors (Lipinski definition) is 7. The minimum absolute atomic E-state index is 0.114. The average Bonchev–Trinajstić information content (AvgIpc) is 3.41. The Hall–Kier alpha value is -3.18. The second kappa shape index (κ2) is 11.3. The molecule has 3 rings (SSSR count). The van der Waals surface area contributed by atoms with Gasteiger partial charge in [-0.3, -0.25) is 9.59 Å². The van der Waals surface area contributed by atoms with Crippen LogP contribution in [0, 0.1) is 6.92 Å². The Morgan fingerprint density at radius 2 is 1.88 bits per heavy atom. The third-order valence-corrected chi connectivity index (χ3v) is 6.39. The Morgan fingerprint density at radius 3 is 2.53 bits per heavy atom. The first-order valence-electron chi connectivity index (χ1n) is 10.5. The summed E-state index contributed by atoms with van der Waals surface area (Å²) in [5, 5.41) is 7.20. The Labute approximate surface area is 209 Å². The van der Waals surface area contributed by atoms with Gasteiger partial charge in [-0.25, -0.2) is 9.48 Å². The smallest absolute Gasteiger partial charge is 0.341 e. The number of nitrogens with one attached hydrogen (secondary N) is 1. The maximum absolute atomic E-state index is 12.9. The summed E-state index contributed by atoms with van der Waals surface area (Å²) in [6, 6.07) is 8.89. The van der Waals surface area contributed by atoms with E-state index in [9.17, 15) is 14.4 Å². The molecule has 3 aromatic rings. The number of carbonyl (C=O) groups excluding carboxylic acids is 3. The number of amides is 2. The van der Waals surface area contributed by atoms with Crippen LogP contribution in [0.5, 0.6) is 5.75 Å². The van der Waals surface area contributed by atoms with Crippen molar-refractivity contribution < 1.29 is 23.9 Å². The monoisotopic (exact) mass is 548 g/mol. The average molecular weight is 549 g/mol. The molecule has 0 atom stereocenters. The van der Waals surface area contributed by atoms with Gasteiger partial charge in [-0.15, -0.1) is 11.3 Å². The number of thiophene rings is 1. The Kier molecular flexibility index (Phi) is 8.46. The molecular formula is C23H25BrN4O5S. The SMILES string of the molecule is CCCOC(=O)c1c(NC(=O)c2ccn(COc3ccc(Br)cc3)n2)sc(C(=O)N(C)C)c1C. The van der Waals surface area contributed by atoms with Gasteiger partial charge in [0.2, 0.25) is 0 Å². The largest absolute Gasteiger partial charge is 0.471 e. The second-order valence-corrected chi connectivity index (χ2v) is 9.45. The van der Waals surface area contributed by atoms with Crippen LogP contribution in [0.25, 0.3) is 0 Å². The third kappa shape index (κ3) is 6.03. The quantitative estimate of drug-likeness (QED) is 0.393. The second-order valence-electron chi connectivity index (χ2n) is 7.52. The minimum atomic E-state index is -0.586. The fourth-order valence-electron chi connectivity index (χ4n) is 2.91. The lowest BCUT2D eigenvalue weighted by Crippen LogP contribution is -2.21. The van der Waals surface area contributed by atoms with E-state index in [0.717, 1.165) is 15.8 Å². The molecular weight excluding hydrogens is 524 g/mol. The zero-order chi connectivity index (χ0) is 24.8. The first-order valence-corrected chi connectivity index (χ1v) is 12.1. The van der Waals surface area contributed by atoms with Crippen LogP contribution >= 0.6 is 27.3 Å². The van der Waals surface area contributed by atoms with Crippen molar-refractivity contribution in [3.8, 4) is 5.75 Å². The summed E-state index contributed by atoms with van der Waals surface area (Å²) in [6.07, 6.45) is 2.27. The lowest BCUT2D eigenvalue weighted by atomic mass is 10.1. The summed E-state index contributed by atoms with van der Waals surface area (Å²) < 4.78 is 13.4. The number of anilines is 1.